The van der Waals surface area contributed by atoms with E-state index in [-0.39, 0.29) is 0 Å². The van der Waals surface area contributed by atoms with Crippen LogP contribution in [0.5, 0.6) is 0 Å². The first kappa shape index (κ1) is 17.8. The number of nitrogens with one attached hydrogen (secondary N) is 2. The van der Waals surface area contributed by atoms with Crippen LogP contribution in [0.25, 0.3) is 28.0 Å². The SMILES string of the molecule is C1=CN2SNC=C2C=C1Nc1nc2c(-c3ccccc3-c3ccccc3)nccn2n1. The van der Waals surface area contributed by atoms with E-state index >= 15 is 0 Å². The summed E-state index contributed by atoms with van der Waals surface area (Å²) < 4.78 is 6.94. The van der Waals surface area contributed by atoms with Crippen molar-refractivity contribution in [3.63, 3.8) is 0 Å². The molecule has 4 heterocycles. The molecule has 0 spiro atoms. The van der Waals surface area contributed by atoms with Gasteiger partial charge in [-0.2, -0.15) is 4.98 Å². The molecule has 0 radical (unpaired) electrons. The third-order valence-corrected chi connectivity index (χ3v) is 5.84. The van der Waals surface area contributed by atoms with E-state index in [0.29, 0.717) is 11.6 Å². The maximum Gasteiger partial charge on any atom is 0.247 e. The highest BCUT2D eigenvalue weighted by molar-refractivity contribution is 7.95. The molecule has 2 aliphatic rings. The highest BCUT2D eigenvalue weighted by Gasteiger charge is 2.18. The summed E-state index contributed by atoms with van der Waals surface area (Å²) in [5, 5.41) is 7.91. The molecule has 7 nitrogen and oxygen atoms in total. The summed E-state index contributed by atoms with van der Waals surface area (Å²) in [4.78, 5) is 9.41. The van der Waals surface area contributed by atoms with Crippen molar-refractivity contribution in [3.8, 4) is 22.4 Å². The van der Waals surface area contributed by atoms with Crippen LogP contribution in [-0.2, 0) is 0 Å². The molecule has 31 heavy (non-hydrogen) atoms. The van der Waals surface area contributed by atoms with E-state index in [1.165, 1.54) is 12.1 Å². The molecule has 0 bridgehead atoms. The van der Waals surface area contributed by atoms with E-state index in [1.54, 1.807) is 10.7 Å². The zero-order valence-corrected chi connectivity index (χ0v) is 17.1. The predicted molar refractivity (Wildman–Crippen MR) is 123 cm³/mol. The minimum absolute atomic E-state index is 0.523. The second-order valence-corrected chi connectivity index (χ2v) is 7.85. The van der Waals surface area contributed by atoms with Crippen molar-refractivity contribution in [1.82, 2.24) is 28.6 Å². The summed E-state index contributed by atoms with van der Waals surface area (Å²) in [6.45, 7) is 0. The van der Waals surface area contributed by atoms with Gasteiger partial charge in [0, 0.05) is 36.1 Å². The molecule has 2 N–H and O–H groups in total. The summed E-state index contributed by atoms with van der Waals surface area (Å²) in [7, 11) is 0. The molecule has 0 amide bonds. The number of anilines is 1. The minimum atomic E-state index is 0.523. The Morgan fingerprint density at radius 3 is 2.71 bits per heavy atom. The second-order valence-electron chi connectivity index (χ2n) is 7.04. The fourth-order valence-corrected chi connectivity index (χ4v) is 4.28. The van der Waals surface area contributed by atoms with Gasteiger partial charge in [-0.15, -0.1) is 5.10 Å². The lowest BCUT2D eigenvalue weighted by Crippen LogP contribution is -2.10. The van der Waals surface area contributed by atoms with Gasteiger partial charge in [-0.05, 0) is 23.3 Å². The minimum Gasteiger partial charge on any atom is -0.323 e. The molecule has 2 aliphatic heterocycles. The number of benzene rings is 2. The molecule has 4 aromatic rings. The Morgan fingerprint density at radius 2 is 1.81 bits per heavy atom. The summed E-state index contributed by atoms with van der Waals surface area (Å²) >= 11 is 1.53. The predicted octanol–water partition coefficient (Wildman–Crippen LogP) is 4.59. The quantitative estimate of drug-likeness (QED) is 0.465. The van der Waals surface area contributed by atoms with Crippen LogP contribution in [0.15, 0.2) is 103 Å². The van der Waals surface area contributed by atoms with E-state index in [2.05, 4.69) is 44.4 Å². The Hall–Kier alpha value is -4.04. The normalized spacial score (nSPS) is 14.8. The van der Waals surface area contributed by atoms with Gasteiger partial charge in [0.25, 0.3) is 0 Å². The molecule has 0 unspecified atom stereocenters. The van der Waals surface area contributed by atoms with Gasteiger partial charge in [0.2, 0.25) is 5.95 Å². The summed E-state index contributed by atoms with van der Waals surface area (Å²) in [5.41, 5.74) is 6.74. The second kappa shape index (κ2) is 7.33. The van der Waals surface area contributed by atoms with Gasteiger partial charge in [-0.3, -0.25) is 9.29 Å². The first-order valence-corrected chi connectivity index (χ1v) is 10.6. The summed E-state index contributed by atoms with van der Waals surface area (Å²) in [6.07, 6.45) is 11.6. The van der Waals surface area contributed by atoms with Crippen molar-refractivity contribution in [3.05, 3.63) is 103 Å². The number of hydrogen-bond acceptors (Lipinski definition) is 7. The van der Waals surface area contributed by atoms with E-state index in [9.17, 15) is 0 Å². The number of allylic oxidation sites excluding steroid dienone is 2. The van der Waals surface area contributed by atoms with Crippen LogP contribution < -0.4 is 10.0 Å². The van der Waals surface area contributed by atoms with Crippen LogP contribution >= 0.6 is 12.1 Å². The Kier molecular flexibility index (Phi) is 4.21. The Balaban J connectivity index is 1.40. The monoisotopic (exact) mass is 423 g/mol. The Morgan fingerprint density at radius 1 is 0.968 bits per heavy atom. The molecule has 2 aromatic heterocycles. The lowest BCUT2D eigenvalue weighted by atomic mass is 9.98. The van der Waals surface area contributed by atoms with E-state index in [0.717, 1.165) is 33.8 Å². The van der Waals surface area contributed by atoms with Gasteiger partial charge in [0.1, 0.15) is 5.69 Å². The molecule has 6 rings (SSSR count). The average molecular weight is 424 g/mol. The van der Waals surface area contributed by atoms with Crippen LogP contribution in [0.4, 0.5) is 5.95 Å². The summed E-state index contributed by atoms with van der Waals surface area (Å²) in [5.74, 6) is 0.523. The van der Waals surface area contributed by atoms with Crippen molar-refractivity contribution in [2.75, 3.05) is 5.32 Å². The molecule has 0 fully saturated rings. The average Bonchev–Trinajstić information content (AvgIpc) is 3.45. The summed E-state index contributed by atoms with van der Waals surface area (Å²) in [6, 6.07) is 18.6. The Labute approximate surface area is 183 Å². The van der Waals surface area contributed by atoms with Crippen LogP contribution in [0.1, 0.15) is 0 Å². The first-order chi connectivity index (χ1) is 15.3. The van der Waals surface area contributed by atoms with Gasteiger partial charge in [-0.25, -0.2) is 4.52 Å². The van der Waals surface area contributed by atoms with Crippen molar-refractivity contribution < 1.29 is 0 Å². The van der Waals surface area contributed by atoms with Crippen molar-refractivity contribution in [1.29, 1.82) is 0 Å². The standard InChI is InChI=1S/C23H17N7S/c1-2-6-16(7-3-1)19-8-4-5-9-20(19)21-22-27-23(28-29(22)13-11-24-21)26-17-10-12-30-18(14-17)15-25-31-30/h1-15,25H,(H,26,28). The van der Waals surface area contributed by atoms with Crippen LogP contribution in [0.3, 0.4) is 0 Å². The lowest BCUT2D eigenvalue weighted by molar-refractivity contribution is 0.801. The zero-order valence-electron chi connectivity index (χ0n) is 16.3. The van der Waals surface area contributed by atoms with Crippen molar-refractivity contribution in [2.45, 2.75) is 0 Å². The number of rotatable bonds is 4. The molecule has 0 saturated heterocycles. The van der Waals surface area contributed by atoms with Crippen molar-refractivity contribution in [2.24, 2.45) is 0 Å². The number of fused-ring (bicyclic) bond motifs is 2. The van der Waals surface area contributed by atoms with Gasteiger partial charge in [0.05, 0.1) is 17.8 Å². The van der Waals surface area contributed by atoms with Crippen LogP contribution in [0, 0.1) is 0 Å². The largest absolute Gasteiger partial charge is 0.323 e. The van der Waals surface area contributed by atoms with Crippen LogP contribution in [0.2, 0.25) is 0 Å². The molecule has 8 heteroatoms. The van der Waals surface area contributed by atoms with Crippen LogP contribution in [-0.4, -0.2) is 23.9 Å². The Bertz CT molecular complexity index is 1370. The lowest BCUT2D eigenvalue weighted by Gasteiger charge is -2.17. The van der Waals surface area contributed by atoms with E-state index in [4.69, 9.17) is 4.98 Å². The number of nitrogens with zero attached hydrogens (tertiary/aromatic N) is 5. The maximum atomic E-state index is 4.75. The highest BCUT2D eigenvalue weighted by Crippen LogP contribution is 2.33. The molecular weight excluding hydrogens is 406 g/mol. The van der Waals surface area contributed by atoms with Gasteiger partial charge in [0.15, 0.2) is 5.65 Å². The molecule has 0 saturated carbocycles. The molecule has 0 atom stereocenters. The fraction of sp³-hybridized carbons (Fsp3) is 0. The maximum absolute atomic E-state index is 4.75. The molecular formula is C23H17N7S. The number of hydrogen-bond donors (Lipinski definition) is 2. The topological polar surface area (TPSA) is 70.4 Å². The molecule has 0 aliphatic carbocycles. The van der Waals surface area contributed by atoms with E-state index < -0.39 is 0 Å². The van der Waals surface area contributed by atoms with Gasteiger partial charge in [-0.1, -0.05) is 54.6 Å². The molecule has 2 aromatic carbocycles. The zero-order chi connectivity index (χ0) is 20.6. The molecule has 150 valence electrons. The van der Waals surface area contributed by atoms with Crippen molar-refractivity contribution >= 4 is 23.7 Å². The fourth-order valence-electron chi connectivity index (χ4n) is 3.66. The van der Waals surface area contributed by atoms with E-state index in [1.807, 2.05) is 65.4 Å². The third kappa shape index (κ3) is 3.23. The van der Waals surface area contributed by atoms with Gasteiger partial charge < -0.3 is 10.0 Å². The number of aromatic nitrogens is 4. The third-order valence-electron chi connectivity index (χ3n) is 5.08. The first-order valence-electron chi connectivity index (χ1n) is 9.80. The highest BCUT2D eigenvalue weighted by atomic mass is 32.2. The van der Waals surface area contributed by atoms with Gasteiger partial charge >= 0.3 is 0 Å². The smallest absolute Gasteiger partial charge is 0.247 e.